The number of rotatable bonds is 5. The standard InChI is InChI=1S/C19H22ClN3O2/c1-25-17-8-7-15(20)12-14(17)13-22-19(24)16-6-5-9-21-18(16)23-10-3-2-4-11-23/h5-9,12H,2-4,10-11,13H2,1H3,(H,22,24). The molecule has 25 heavy (non-hydrogen) atoms. The normalized spacial score (nSPS) is 14.2. The Morgan fingerprint density at radius 1 is 1.28 bits per heavy atom. The highest BCUT2D eigenvalue weighted by Gasteiger charge is 2.19. The summed E-state index contributed by atoms with van der Waals surface area (Å²) in [7, 11) is 1.60. The van der Waals surface area contributed by atoms with Crippen LogP contribution in [0.25, 0.3) is 0 Å². The molecule has 132 valence electrons. The van der Waals surface area contributed by atoms with Gasteiger partial charge in [0, 0.05) is 36.4 Å². The zero-order valence-electron chi connectivity index (χ0n) is 14.3. The van der Waals surface area contributed by atoms with Gasteiger partial charge in [-0.15, -0.1) is 0 Å². The number of pyridine rings is 1. The van der Waals surface area contributed by atoms with Crippen molar-refractivity contribution in [1.29, 1.82) is 0 Å². The minimum atomic E-state index is -0.143. The molecule has 1 aromatic heterocycles. The van der Waals surface area contributed by atoms with E-state index in [4.69, 9.17) is 16.3 Å². The van der Waals surface area contributed by atoms with E-state index in [1.165, 1.54) is 6.42 Å². The van der Waals surface area contributed by atoms with Gasteiger partial charge >= 0.3 is 0 Å². The zero-order chi connectivity index (χ0) is 17.6. The average Bonchev–Trinajstić information content (AvgIpc) is 2.67. The summed E-state index contributed by atoms with van der Waals surface area (Å²) >= 11 is 6.05. The van der Waals surface area contributed by atoms with E-state index in [2.05, 4.69) is 15.2 Å². The molecule has 0 bridgehead atoms. The van der Waals surface area contributed by atoms with Gasteiger partial charge in [-0.05, 0) is 49.6 Å². The van der Waals surface area contributed by atoms with Crippen LogP contribution in [-0.2, 0) is 6.54 Å². The average molecular weight is 360 g/mol. The SMILES string of the molecule is COc1ccc(Cl)cc1CNC(=O)c1cccnc1N1CCCCC1. The Bertz CT molecular complexity index is 745. The fraction of sp³-hybridized carbons (Fsp3) is 0.368. The van der Waals surface area contributed by atoms with Crippen LogP contribution in [-0.4, -0.2) is 31.1 Å². The third-order valence-electron chi connectivity index (χ3n) is 4.37. The van der Waals surface area contributed by atoms with Crippen molar-refractivity contribution in [2.75, 3.05) is 25.1 Å². The van der Waals surface area contributed by atoms with Gasteiger partial charge in [0.25, 0.3) is 5.91 Å². The highest BCUT2D eigenvalue weighted by molar-refractivity contribution is 6.30. The first-order chi connectivity index (χ1) is 12.2. The molecule has 0 unspecified atom stereocenters. The maximum Gasteiger partial charge on any atom is 0.255 e. The first kappa shape index (κ1) is 17.5. The molecule has 0 radical (unpaired) electrons. The number of carbonyl (C=O) groups is 1. The number of anilines is 1. The molecule has 6 heteroatoms. The predicted molar refractivity (Wildman–Crippen MR) is 99.5 cm³/mol. The molecule has 2 aromatic rings. The van der Waals surface area contributed by atoms with Crippen molar-refractivity contribution in [3.05, 3.63) is 52.7 Å². The summed E-state index contributed by atoms with van der Waals surface area (Å²) in [6.07, 6.45) is 5.24. The molecule has 1 amide bonds. The van der Waals surface area contributed by atoms with E-state index in [9.17, 15) is 4.79 Å². The van der Waals surface area contributed by atoms with Crippen molar-refractivity contribution < 1.29 is 9.53 Å². The first-order valence-corrected chi connectivity index (χ1v) is 8.87. The number of ether oxygens (including phenoxy) is 1. The summed E-state index contributed by atoms with van der Waals surface area (Å²) in [5, 5.41) is 3.56. The van der Waals surface area contributed by atoms with Crippen molar-refractivity contribution in [3.63, 3.8) is 0 Å². The van der Waals surface area contributed by atoms with Gasteiger partial charge in [-0.3, -0.25) is 4.79 Å². The lowest BCUT2D eigenvalue weighted by Gasteiger charge is -2.29. The van der Waals surface area contributed by atoms with Crippen molar-refractivity contribution in [1.82, 2.24) is 10.3 Å². The van der Waals surface area contributed by atoms with E-state index < -0.39 is 0 Å². The molecule has 0 aliphatic carbocycles. The minimum absolute atomic E-state index is 0.143. The molecule has 0 spiro atoms. The number of benzene rings is 1. The smallest absolute Gasteiger partial charge is 0.255 e. The van der Waals surface area contributed by atoms with Gasteiger partial charge in [0.1, 0.15) is 11.6 Å². The van der Waals surface area contributed by atoms with Crippen LogP contribution in [0.3, 0.4) is 0 Å². The summed E-state index contributed by atoms with van der Waals surface area (Å²) in [5.74, 6) is 1.32. The lowest BCUT2D eigenvalue weighted by molar-refractivity contribution is 0.0951. The van der Waals surface area contributed by atoms with Gasteiger partial charge in [0.15, 0.2) is 0 Å². The lowest BCUT2D eigenvalue weighted by Crippen LogP contribution is -2.33. The largest absolute Gasteiger partial charge is 0.496 e. The Kier molecular flexibility index (Phi) is 5.76. The molecular weight excluding hydrogens is 338 g/mol. The molecule has 1 aliphatic rings. The van der Waals surface area contributed by atoms with E-state index in [0.717, 1.165) is 37.3 Å². The van der Waals surface area contributed by atoms with Crippen molar-refractivity contribution in [2.45, 2.75) is 25.8 Å². The predicted octanol–water partition coefficient (Wildman–Crippen LogP) is 3.66. The third kappa shape index (κ3) is 4.23. The number of nitrogens with zero attached hydrogens (tertiary/aromatic N) is 2. The molecule has 5 nitrogen and oxygen atoms in total. The van der Waals surface area contributed by atoms with Gasteiger partial charge in [-0.1, -0.05) is 11.6 Å². The summed E-state index contributed by atoms with van der Waals surface area (Å²) in [6.45, 7) is 2.23. The number of nitrogens with one attached hydrogen (secondary N) is 1. The van der Waals surface area contributed by atoms with Crippen LogP contribution in [0.15, 0.2) is 36.5 Å². The molecule has 0 saturated carbocycles. The van der Waals surface area contributed by atoms with Gasteiger partial charge < -0.3 is 15.0 Å². The molecule has 1 N–H and O–H groups in total. The van der Waals surface area contributed by atoms with E-state index in [0.29, 0.717) is 22.9 Å². The minimum Gasteiger partial charge on any atom is -0.496 e. The van der Waals surface area contributed by atoms with E-state index >= 15 is 0 Å². The van der Waals surface area contributed by atoms with Crippen LogP contribution < -0.4 is 15.0 Å². The number of hydrogen-bond donors (Lipinski definition) is 1. The third-order valence-corrected chi connectivity index (χ3v) is 4.60. The Balaban J connectivity index is 1.75. The van der Waals surface area contributed by atoms with Crippen molar-refractivity contribution in [3.8, 4) is 5.75 Å². The van der Waals surface area contributed by atoms with Crippen LogP contribution >= 0.6 is 11.6 Å². The van der Waals surface area contributed by atoms with Gasteiger partial charge in [0.2, 0.25) is 0 Å². The van der Waals surface area contributed by atoms with E-state index in [-0.39, 0.29) is 5.91 Å². The summed E-state index contributed by atoms with van der Waals surface area (Å²) in [5.41, 5.74) is 1.44. The lowest BCUT2D eigenvalue weighted by atomic mass is 10.1. The van der Waals surface area contributed by atoms with Crippen LogP contribution in [0, 0.1) is 0 Å². The van der Waals surface area contributed by atoms with E-state index in [1.54, 1.807) is 37.6 Å². The van der Waals surface area contributed by atoms with Crippen molar-refractivity contribution in [2.24, 2.45) is 0 Å². The Morgan fingerprint density at radius 3 is 2.84 bits per heavy atom. The quantitative estimate of drug-likeness (QED) is 0.885. The van der Waals surface area contributed by atoms with Crippen molar-refractivity contribution >= 4 is 23.3 Å². The van der Waals surface area contributed by atoms with Crippen LogP contribution in [0.4, 0.5) is 5.82 Å². The van der Waals surface area contributed by atoms with Gasteiger partial charge in [-0.2, -0.15) is 0 Å². The zero-order valence-corrected chi connectivity index (χ0v) is 15.1. The number of aromatic nitrogens is 1. The van der Waals surface area contributed by atoms with Gasteiger partial charge in [-0.25, -0.2) is 4.98 Å². The molecule has 1 aromatic carbocycles. The molecule has 0 atom stereocenters. The monoisotopic (exact) mass is 359 g/mol. The number of carbonyl (C=O) groups excluding carboxylic acids is 1. The molecule has 1 fully saturated rings. The molecular formula is C19H22ClN3O2. The summed E-state index contributed by atoms with van der Waals surface area (Å²) in [6, 6.07) is 8.98. The fourth-order valence-electron chi connectivity index (χ4n) is 3.09. The van der Waals surface area contributed by atoms with Crippen LogP contribution in [0.2, 0.25) is 5.02 Å². The van der Waals surface area contributed by atoms with Gasteiger partial charge in [0.05, 0.1) is 12.7 Å². The first-order valence-electron chi connectivity index (χ1n) is 8.49. The molecule has 2 heterocycles. The number of methoxy groups -OCH3 is 1. The molecule has 1 aliphatic heterocycles. The number of piperidine rings is 1. The number of hydrogen-bond acceptors (Lipinski definition) is 4. The summed E-state index contributed by atoms with van der Waals surface area (Å²) in [4.78, 5) is 19.4. The second-order valence-electron chi connectivity index (χ2n) is 6.06. The molecule has 1 saturated heterocycles. The highest BCUT2D eigenvalue weighted by atomic mass is 35.5. The Hall–Kier alpha value is -2.27. The Labute approximate surface area is 153 Å². The second kappa shape index (κ2) is 8.21. The van der Waals surface area contributed by atoms with Crippen LogP contribution in [0.1, 0.15) is 35.2 Å². The number of halogens is 1. The fourth-order valence-corrected chi connectivity index (χ4v) is 3.28. The summed E-state index contributed by atoms with van der Waals surface area (Å²) < 4.78 is 5.33. The van der Waals surface area contributed by atoms with Crippen LogP contribution in [0.5, 0.6) is 5.75 Å². The van der Waals surface area contributed by atoms with E-state index in [1.807, 2.05) is 6.07 Å². The number of amides is 1. The topological polar surface area (TPSA) is 54.5 Å². The maximum absolute atomic E-state index is 12.7. The molecule has 3 rings (SSSR count). The maximum atomic E-state index is 12.7. The second-order valence-corrected chi connectivity index (χ2v) is 6.50. The Morgan fingerprint density at radius 2 is 2.08 bits per heavy atom. The highest BCUT2D eigenvalue weighted by Crippen LogP contribution is 2.24.